The molecule has 156 valence electrons. The zero-order valence-electron chi connectivity index (χ0n) is 16.5. The van der Waals surface area contributed by atoms with Crippen molar-refractivity contribution in [3.05, 3.63) is 58.4 Å². The lowest BCUT2D eigenvalue weighted by atomic mass is 10.1. The fourth-order valence-electron chi connectivity index (χ4n) is 3.18. The van der Waals surface area contributed by atoms with Crippen molar-refractivity contribution in [1.29, 1.82) is 0 Å². The van der Waals surface area contributed by atoms with Gasteiger partial charge in [0.05, 0.1) is 7.11 Å². The minimum Gasteiger partial charge on any atom is -0.493 e. The smallest absolute Gasteiger partial charge is 0.161 e. The van der Waals surface area contributed by atoms with Crippen LogP contribution in [0.25, 0.3) is 0 Å². The van der Waals surface area contributed by atoms with Crippen LogP contribution in [0.4, 0.5) is 4.39 Å². The van der Waals surface area contributed by atoms with E-state index < -0.39 is 6.10 Å². The second-order valence-electron chi connectivity index (χ2n) is 7.25. The number of aliphatic hydroxyl groups is 1. The number of rotatable bonds is 10. The van der Waals surface area contributed by atoms with Gasteiger partial charge in [-0.2, -0.15) is 0 Å². The van der Waals surface area contributed by atoms with Crippen LogP contribution in [0.3, 0.4) is 0 Å². The highest BCUT2D eigenvalue weighted by Gasteiger charge is 2.31. The third-order valence-corrected chi connectivity index (χ3v) is 5.29. The van der Waals surface area contributed by atoms with E-state index in [1.807, 2.05) is 4.90 Å². The van der Waals surface area contributed by atoms with Crippen molar-refractivity contribution in [3.8, 4) is 11.5 Å². The lowest BCUT2D eigenvalue weighted by molar-refractivity contribution is 0.0613. The van der Waals surface area contributed by atoms with Crippen LogP contribution in [0.15, 0.2) is 36.4 Å². The van der Waals surface area contributed by atoms with Gasteiger partial charge in [0.1, 0.15) is 18.5 Å². The monoisotopic (exact) mass is 421 g/mol. The summed E-state index contributed by atoms with van der Waals surface area (Å²) in [5.74, 6) is 0.472. The Hall–Kier alpha value is -2.15. The first-order chi connectivity index (χ1) is 13.9. The first kappa shape index (κ1) is 21.6. The molecule has 7 heteroatoms. The van der Waals surface area contributed by atoms with Gasteiger partial charge in [0.2, 0.25) is 0 Å². The molecule has 0 heterocycles. The Morgan fingerprint density at radius 3 is 2.69 bits per heavy atom. The molecule has 2 aromatic carbocycles. The number of carbonyl (C=O) groups is 1. The summed E-state index contributed by atoms with van der Waals surface area (Å²) in [6.07, 6.45) is 1.25. The van der Waals surface area contributed by atoms with E-state index in [2.05, 4.69) is 0 Å². The molecular formula is C22H25ClFNO4. The van der Waals surface area contributed by atoms with Gasteiger partial charge in [0.25, 0.3) is 0 Å². The third-order valence-electron chi connectivity index (χ3n) is 4.93. The zero-order valence-corrected chi connectivity index (χ0v) is 17.3. The highest BCUT2D eigenvalue weighted by Crippen LogP contribution is 2.31. The van der Waals surface area contributed by atoms with Gasteiger partial charge in [0.15, 0.2) is 17.3 Å². The molecule has 1 saturated carbocycles. The number of hydrogen-bond donors (Lipinski definition) is 1. The molecular weight excluding hydrogens is 397 g/mol. The lowest BCUT2D eigenvalue weighted by Gasteiger charge is -2.26. The maximum Gasteiger partial charge on any atom is 0.161 e. The first-order valence-corrected chi connectivity index (χ1v) is 9.93. The van der Waals surface area contributed by atoms with Crippen LogP contribution in [0.2, 0.25) is 5.02 Å². The van der Waals surface area contributed by atoms with Crippen molar-refractivity contribution in [1.82, 2.24) is 4.90 Å². The van der Waals surface area contributed by atoms with Crippen LogP contribution in [-0.2, 0) is 6.54 Å². The summed E-state index contributed by atoms with van der Waals surface area (Å²) >= 11 is 6.15. The van der Waals surface area contributed by atoms with Crippen LogP contribution in [0.1, 0.15) is 35.7 Å². The van der Waals surface area contributed by atoms with Crippen LogP contribution in [-0.4, -0.2) is 48.2 Å². The summed E-state index contributed by atoms with van der Waals surface area (Å²) < 4.78 is 25.1. The maximum absolute atomic E-state index is 14.1. The Bertz CT molecular complexity index is 852. The maximum atomic E-state index is 14.1. The summed E-state index contributed by atoms with van der Waals surface area (Å²) in [5.41, 5.74) is 0.965. The molecule has 0 aliphatic heterocycles. The largest absolute Gasteiger partial charge is 0.493 e. The van der Waals surface area contributed by atoms with Gasteiger partial charge in [0, 0.05) is 35.3 Å². The molecule has 0 saturated heterocycles. The fraction of sp³-hybridized carbons (Fsp3) is 0.409. The summed E-state index contributed by atoms with van der Waals surface area (Å²) in [7, 11) is 1.50. The molecule has 1 aliphatic carbocycles. The molecule has 0 amide bonds. The Morgan fingerprint density at radius 1 is 1.31 bits per heavy atom. The lowest BCUT2D eigenvalue weighted by Crippen LogP contribution is -2.37. The van der Waals surface area contributed by atoms with Gasteiger partial charge in [-0.05, 0) is 50.1 Å². The average molecular weight is 422 g/mol. The molecule has 0 radical (unpaired) electrons. The van der Waals surface area contributed by atoms with Gasteiger partial charge in [-0.25, -0.2) is 4.39 Å². The predicted molar refractivity (Wildman–Crippen MR) is 109 cm³/mol. The number of ketones is 1. The molecule has 5 nitrogen and oxygen atoms in total. The number of halogens is 2. The topological polar surface area (TPSA) is 59.0 Å². The van der Waals surface area contributed by atoms with Gasteiger partial charge in [-0.3, -0.25) is 9.69 Å². The Kier molecular flexibility index (Phi) is 7.11. The van der Waals surface area contributed by atoms with Crippen LogP contribution < -0.4 is 9.47 Å². The molecule has 3 rings (SSSR count). The van der Waals surface area contributed by atoms with Gasteiger partial charge in [-0.1, -0.05) is 17.7 Å². The Balaban J connectivity index is 1.61. The second kappa shape index (κ2) is 9.57. The number of hydrogen-bond acceptors (Lipinski definition) is 5. The number of carbonyl (C=O) groups excluding carboxylic acids is 1. The van der Waals surface area contributed by atoms with E-state index >= 15 is 0 Å². The van der Waals surface area contributed by atoms with Crippen LogP contribution in [0.5, 0.6) is 11.5 Å². The number of ether oxygens (including phenoxy) is 2. The number of Topliss-reactive ketones (excluding diaryl/α,β-unsaturated/α-hetero) is 1. The van der Waals surface area contributed by atoms with E-state index in [1.54, 1.807) is 30.3 Å². The zero-order chi connectivity index (χ0) is 21.0. The van der Waals surface area contributed by atoms with E-state index in [1.165, 1.54) is 20.1 Å². The van der Waals surface area contributed by atoms with Gasteiger partial charge < -0.3 is 14.6 Å². The Labute approximate surface area is 175 Å². The van der Waals surface area contributed by atoms with Crippen molar-refractivity contribution >= 4 is 17.4 Å². The summed E-state index contributed by atoms with van der Waals surface area (Å²) in [6, 6.07) is 9.87. The molecule has 1 fully saturated rings. The van der Waals surface area contributed by atoms with E-state index in [0.717, 1.165) is 12.8 Å². The summed E-state index contributed by atoms with van der Waals surface area (Å²) in [4.78, 5) is 13.5. The second-order valence-corrected chi connectivity index (χ2v) is 7.65. The van der Waals surface area contributed by atoms with Crippen molar-refractivity contribution in [2.75, 3.05) is 20.3 Å². The highest BCUT2D eigenvalue weighted by atomic mass is 35.5. The molecule has 2 aromatic rings. The number of methoxy groups -OCH3 is 1. The molecule has 0 bridgehead atoms. The Morgan fingerprint density at radius 2 is 2.07 bits per heavy atom. The van der Waals surface area contributed by atoms with Crippen molar-refractivity contribution in [2.24, 2.45) is 0 Å². The van der Waals surface area contributed by atoms with E-state index in [9.17, 15) is 14.3 Å². The standard InChI is InChI=1S/C22H25ClFNO4/c1-14(26)15-6-9-21(22(10-15)28-2)29-13-17(27)11-25(16-7-8-16)12-18-19(23)4-3-5-20(18)24/h3-6,9-10,16-17,27H,7-8,11-13H2,1-2H3. The highest BCUT2D eigenvalue weighted by molar-refractivity contribution is 6.31. The minimum absolute atomic E-state index is 0.0456. The van der Waals surface area contributed by atoms with Crippen LogP contribution >= 0.6 is 11.6 Å². The molecule has 1 N–H and O–H groups in total. The van der Waals surface area contributed by atoms with Crippen molar-refractivity contribution in [3.63, 3.8) is 0 Å². The van der Waals surface area contributed by atoms with Gasteiger partial charge in [-0.15, -0.1) is 0 Å². The summed E-state index contributed by atoms with van der Waals surface area (Å²) in [6.45, 7) is 2.20. The average Bonchev–Trinajstić information content (AvgIpc) is 3.53. The quantitative estimate of drug-likeness (QED) is 0.585. The van der Waals surface area contributed by atoms with E-state index in [0.29, 0.717) is 46.8 Å². The molecule has 0 aromatic heterocycles. The van der Waals surface area contributed by atoms with Crippen molar-refractivity contribution in [2.45, 2.75) is 38.5 Å². The summed E-state index contributed by atoms with van der Waals surface area (Å²) in [5, 5.41) is 10.9. The third kappa shape index (κ3) is 5.69. The number of nitrogens with zero attached hydrogens (tertiary/aromatic N) is 1. The number of aliphatic hydroxyl groups excluding tert-OH is 1. The molecule has 1 aliphatic rings. The molecule has 1 unspecified atom stereocenters. The molecule has 1 atom stereocenters. The molecule has 29 heavy (non-hydrogen) atoms. The first-order valence-electron chi connectivity index (χ1n) is 9.55. The number of benzene rings is 2. The normalized spacial score (nSPS) is 14.7. The predicted octanol–water partition coefficient (Wildman–Crippen LogP) is 4.09. The van der Waals surface area contributed by atoms with E-state index in [4.69, 9.17) is 21.1 Å². The van der Waals surface area contributed by atoms with E-state index in [-0.39, 0.29) is 18.2 Å². The fourth-order valence-corrected chi connectivity index (χ4v) is 3.41. The minimum atomic E-state index is -0.779. The van der Waals surface area contributed by atoms with Crippen molar-refractivity contribution < 1.29 is 23.8 Å². The van der Waals surface area contributed by atoms with Gasteiger partial charge >= 0.3 is 0 Å². The SMILES string of the molecule is COc1cc(C(C)=O)ccc1OCC(O)CN(Cc1c(F)cccc1Cl)C1CC1. The van der Waals surface area contributed by atoms with Crippen LogP contribution in [0, 0.1) is 5.82 Å². The molecule has 0 spiro atoms.